The van der Waals surface area contributed by atoms with Gasteiger partial charge in [-0.2, -0.15) is 0 Å². The monoisotopic (exact) mass is 350 g/mol. The van der Waals surface area contributed by atoms with Gasteiger partial charge in [-0.15, -0.1) is 0 Å². The van der Waals surface area contributed by atoms with Gasteiger partial charge in [0, 0.05) is 41.8 Å². The Morgan fingerprint density at radius 1 is 1.12 bits per heavy atom. The Kier molecular flexibility index (Phi) is 4.18. The van der Waals surface area contributed by atoms with Crippen LogP contribution >= 0.6 is 11.6 Å². The molecule has 0 saturated heterocycles. The second-order valence-corrected chi connectivity index (χ2v) is 7.56. The van der Waals surface area contributed by atoms with Gasteiger partial charge in [0.05, 0.1) is 5.52 Å². The summed E-state index contributed by atoms with van der Waals surface area (Å²) in [5, 5.41) is 2.17. The molecule has 2 heterocycles. The van der Waals surface area contributed by atoms with E-state index in [1.165, 1.54) is 38.9 Å². The van der Waals surface area contributed by atoms with Crippen LogP contribution in [0.15, 0.2) is 42.5 Å². The fourth-order valence-corrected chi connectivity index (χ4v) is 3.90. The van der Waals surface area contributed by atoms with Gasteiger partial charge < -0.3 is 9.47 Å². The average Bonchev–Trinajstić information content (AvgIpc) is 2.88. The molecule has 0 radical (unpaired) electrons. The number of allylic oxidation sites excluding steroid dienone is 1. The normalized spacial score (nSPS) is 15.6. The van der Waals surface area contributed by atoms with Crippen LogP contribution in [0.5, 0.6) is 0 Å². The quantitative estimate of drug-likeness (QED) is 0.583. The molecule has 2 nitrogen and oxygen atoms in total. The van der Waals surface area contributed by atoms with Gasteiger partial charge >= 0.3 is 0 Å². The summed E-state index contributed by atoms with van der Waals surface area (Å²) in [6.45, 7) is 6.47. The molecule has 3 heteroatoms. The molecule has 0 unspecified atom stereocenters. The number of hydrogen-bond acceptors (Lipinski definition) is 1. The molecule has 3 aromatic rings. The largest absolute Gasteiger partial charge is 0.320 e. The van der Waals surface area contributed by atoms with Gasteiger partial charge in [0.2, 0.25) is 0 Å². The van der Waals surface area contributed by atoms with Gasteiger partial charge in [0.15, 0.2) is 0 Å². The summed E-state index contributed by atoms with van der Waals surface area (Å²) in [6.07, 6.45) is 3.37. The van der Waals surface area contributed by atoms with Crippen molar-refractivity contribution < 1.29 is 0 Å². The van der Waals surface area contributed by atoms with Gasteiger partial charge in [-0.05, 0) is 61.9 Å². The Morgan fingerprint density at radius 2 is 1.88 bits per heavy atom. The van der Waals surface area contributed by atoms with E-state index in [4.69, 9.17) is 11.6 Å². The second kappa shape index (κ2) is 6.36. The fourth-order valence-electron chi connectivity index (χ4n) is 3.77. The second-order valence-electron chi connectivity index (χ2n) is 7.12. The lowest BCUT2D eigenvalue weighted by molar-refractivity contribution is 0.312. The van der Waals surface area contributed by atoms with E-state index in [1.54, 1.807) is 0 Å². The van der Waals surface area contributed by atoms with Crippen molar-refractivity contribution in [1.29, 1.82) is 0 Å². The van der Waals surface area contributed by atoms with E-state index in [-0.39, 0.29) is 0 Å². The Morgan fingerprint density at radius 3 is 2.64 bits per heavy atom. The highest BCUT2D eigenvalue weighted by molar-refractivity contribution is 6.30. The molecule has 1 aromatic heterocycles. The Balaban J connectivity index is 1.89. The summed E-state index contributed by atoms with van der Waals surface area (Å²) in [7, 11) is 2.21. The van der Waals surface area contributed by atoms with Gasteiger partial charge in [-0.1, -0.05) is 35.4 Å². The highest BCUT2D eigenvalue weighted by atomic mass is 35.5. The lowest BCUT2D eigenvalue weighted by Crippen LogP contribution is -2.26. The van der Waals surface area contributed by atoms with Crippen molar-refractivity contribution in [3.63, 3.8) is 0 Å². The van der Waals surface area contributed by atoms with E-state index >= 15 is 0 Å². The third kappa shape index (κ3) is 3.01. The van der Waals surface area contributed by atoms with Crippen LogP contribution in [0.3, 0.4) is 0 Å². The Labute approximate surface area is 154 Å². The first kappa shape index (κ1) is 16.4. The summed E-state index contributed by atoms with van der Waals surface area (Å²) < 4.78 is 2.40. The van der Waals surface area contributed by atoms with Crippen LogP contribution in [0, 0.1) is 6.92 Å². The number of aryl methyl sites for hydroxylation is 1. The molecule has 0 saturated carbocycles. The van der Waals surface area contributed by atoms with E-state index in [0.29, 0.717) is 0 Å². The van der Waals surface area contributed by atoms with E-state index in [0.717, 1.165) is 24.5 Å². The minimum Gasteiger partial charge on any atom is -0.320 e. The minimum absolute atomic E-state index is 0.777. The zero-order chi connectivity index (χ0) is 17.6. The molecule has 0 N–H and O–H groups in total. The van der Waals surface area contributed by atoms with Gasteiger partial charge in [-0.3, -0.25) is 0 Å². The molecule has 128 valence electrons. The summed E-state index contributed by atoms with van der Waals surface area (Å²) >= 11 is 6.03. The average molecular weight is 351 g/mol. The molecule has 0 amide bonds. The lowest BCUT2D eigenvalue weighted by atomic mass is 10.0. The molecule has 25 heavy (non-hydrogen) atoms. The fraction of sp³-hybridized carbons (Fsp3) is 0.273. The number of likely N-dealkylation sites (N-methyl/N-ethyl adjacent to an activating group) is 1. The molecule has 1 aliphatic heterocycles. The first-order chi connectivity index (χ1) is 12.0. The van der Waals surface area contributed by atoms with E-state index in [1.807, 2.05) is 12.1 Å². The maximum Gasteiger partial charge on any atom is 0.0529 e. The number of aromatic nitrogens is 1. The van der Waals surface area contributed by atoms with Crippen molar-refractivity contribution in [2.75, 3.05) is 13.6 Å². The highest BCUT2D eigenvalue weighted by Gasteiger charge is 2.21. The van der Waals surface area contributed by atoms with Gasteiger partial charge in [0.1, 0.15) is 0 Å². The molecule has 2 aromatic carbocycles. The molecular weight excluding hydrogens is 328 g/mol. The van der Waals surface area contributed by atoms with Crippen molar-refractivity contribution in [2.45, 2.75) is 26.8 Å². The Hall–Kier alpha value is -2.03. The number of rotatable bonds is 2. The topological polar surface area (TPSA) is 8.17 Å². The number of hydrogen-bond donors (Lipinski definition) is 0. The van der Waals surface area contributed by atoms with Crippen LogP contribution in [0.2, 0.25) is 5.02 Å². The zero-order valence-electron chi connectivity index (χ0n) is 15.0. The summed E-state index contributed by atoms with van der Waals surface area (Å²) in [6, 6.07) is 14.9. The van der Waals surface area contributed by atoms with Crippen molar-refractivity contribution in [3.8, 4) is 0 Å². The summed E-state index contributed by atoms with van der Waals surface area (Å²) in [4.78, 5) is 2.41. The predicted molar refractivity (Wildman–Crippen MR) is 108 cm³/mol. The maximum atomic E-state index is 6.03. The SMILES string of the molecule is C/C(=C\n1c2c(c3cc(C)ccc31)CN(C)CC2)c1ccc(Cl)cc1. The Bertz CT molecular complexity index is 964. The van der Waals surface area contributed by atoms with Crippen molar-refractivity contribution in [3.05, 3.63) is 69.9 Å². The van der Waals surface area contributed by atoms with E-state index in [9.17, 15) is 0 Å². The zero-order valence-corrected chi connectivity index (χ0v) is 15.8. The maximum absolute atomic E-state index is 6.03. The number of nitrogens with zero attached hydrogens (tertiary/aromatic N) is 2. The van der Waals surface area contributed by atoms with E-state index in [2.05, 4.69) is 66.9 Å². The van der Waals surface area contributed by atoms with Crippen LogP contribution in [-0.2, 0) is 13.0 Å². The molecular formula is C22H23ClN2. The van der Waals surface area contributed by atoms with Crippen LogP contribution in [-0.4, -0.2) is 23.1 Å². The van der Waals surface area contributed by atoms with Crippen LogP contribution in [0.4, 0.5) is 0 Å². The molecule has 0 atom stereocenters. The third-order valence-electron chi connectivity index (χ3n) is 5.16. The standard InChI is InChI=1S/C22H23ClN2/c1-15-4-9-21-19(12-15)20-14-24(3)11-10-22(20)25(21)13-16(2)17-5-7-18(23)8-6-17/h4-9,12-13H,10-11,14H2,1-3H3/b16-13+. The molecule has 4 rings (SSSR count). The van der Waals surface area contributed by atoms with Gasteiger partial charge in [-0.25, -0.2) is 0 Å². The molecule has 0 fully saturated rings. The predicted octanol–water partition coefficient (Wildman–Crippen LogP) is 5.61. The van der Waals surface area contributed by atoms with Crippen molar-refractivity contribution in [2.24, 2.45) is 0 Å². The highest BCUT2D eigenvalue weighted by Crippen LogP contribution is 2.32. The van der Waals surface area contributed by atoms with Crippen LogP contribution < -0.4 is 0 Å². The third-order valence-corrected chi connectivity index (χ3v) is 5.41. The molecule has 0 aliphatic carbocycles. The minimum atomic E-state index is 0.777. The molecule has 0 bridgehead atoms. The van der Waals surface area contributed by atoms with Crippen LogP contribution in [0.1, 0.15) is 29.3 Å². The van der Waals surface area contributed by atoms with E-state index < -0.39 is 0 Å². The number of benzene rings is 2. The number of halogens is 1. The first-order valence-electron chi connectivity index (χ1n) is 8.78. The number of fused-ring (bicyclic) bond motifs is 3. The molecule has 1 aliphatic rings. The van der Waals surface area contributed by atoms with Gasteiger partial charge in [0.25, 0.3) is 0 Å². The molecule has 0 spiro atoms. The van der Waals surface area contributed by atoms with Crippen LogP contribution in [0.25, 0.3) is 22.7 Å². The van der Waals surface area contributed by atoms with Crippen molar-refractivity contribution >= 4 is 34.3 Å². The lowest BCUT2D eigenvalue weighted by Gasteiger charge is -2.23. The first-order valence-corrected chi connectivity index (χ1v) is 9.16. The summed E-state index contributed by atoms with van der Waals surface area (Å²) in [5.41, 5.74) is 8.01. The smallest absolute Gasteiger partial charge is 0.0529 e. The summed E-state index contributed by atoms with van der Waals surface area (Å²) in [5.74, 6) is 0. The van der Waals surface area contributed by atoms with Crippen molar-refractivity contribution in [1.82, 2.24) is 9.47 Å².